The van der Waals surface area contributed by atoms with E-state index < -0.39 is 18.3 Å². The van der Waals surface area contributed by atoms with Crippen LogP contribution in [-0.4, -0.2) is 35.8 Å². The summed E-state index contributed by atoms with van der Waals surface area (Å²) < 4.78 is 16.3. The predicted octanol–water partition coefficient (Wildman–Crippen LogP) is 2.29. The number of aliphatic hydroxyl groups is 1. The third kappa shape index (κ3) is 2.67. The number of ether oxygens (including phenoxy) is 3. The zero-order valence-corrected chi connectivity index (χ0v) is 12.8. The van der Waals surface area contributed by atoms with E-state index >= 15 is 0 Å². The molecule has 0 unspecified atom stereocenters. The van der Waals surface area contributed by atoms with Gasteiger partial charge in [-0.05, 0) is 18.2 Å². The summed E-state index contributed by atoms with van der Waals surface area (Å²) in [5.41, 5.74) is 1.01. The van der Waals surface area contributed by atoms with E-state index in [2.05, 4.69) is 0 Å². The highest BCUT2D eigenvalue weighted by atomic mass is 16.7. The molecule has 0 aliphatic carbocycles. The molecule has 0 bridgehead atoms. The van der Waals surface area contributed by atoms with E-state index in [1.54, 1.807) is 31.4 Å². The fourth-order valence-electron chi connectivity index (χ4n) is 2.85. The Bertz CT molecular complexity index is 714. The van der Waals surface area contributed by atoms with Gasteiger partial charge in [-0.1, -0.05) is 6.07 Å². The van der Waals surface area contributed by atoms with E-state index in [4.69, 9.17) is 14.2 Å². The van der Waals surface area contributed by atoms with Crippen LogP contribution in [-0.2, 0) is 4.74 Å². The van der Waals surface area contributed by atoms with E-state index in [9.17, 15) is 15.3 Å². The summed E-state index contributed by atoms with van der Waals surface area (Å²) in [6.07, 6.45) is -1.73. The van der Waals surface area contributed by atoms with Gasteiger partial charge in [0.15, 0.2) is 0 Å². The van der Waals surface area contributed by atoms with Crippen LogP contribution in [0.4, 0.5) is 0 Å². The maximum absolute atomic E-state index is 10.8. The lowest BCUT2D eigenvalue weighted by Gasteiger charge is -2.36. The zero-order chi connectivity index (χ0) is 16.6. The van der Waals surface area contributed by atoms with Crippen LogP contribution in [0.1, 0.15) is 23.1 Å². The van der Waals surface area contributed by atoms with Crippen LogP contribution in [0.3, 0.4) is 0 Å². The highest BCUT2D eigenvalue weighted by Gasteiger charge is 2.40. The molecule has 0 spiro atoms. The molecule has 2 aromatic rings. The molecule has 0 radical (unpaired) electrons. The summed E-state index contributed by atoms with van der Waals surface area (Å²) in [7, 11) is 3.01. The van der Waals surface area contributed by atoms with Crippen molar-refractivity contribution in [1.82, 2.24) is 0 Å². The largest absolute Gasteiger partial charge is 0.508 e. The summed E-state index contributed by atoms with van der Waals surface area (Å²) in [5.74, 6) is 0.254. The highest BCUT2D eigenvalue weighted by molar-refractivity contribution is 5.48. The first kappa shape index (κ1) is 15.5. The van der Waals surface area contributed by atoms with Gasteiger partial charge in [-0.2, -0.15) is 0 Å². The quantitative estimate of drug-likeness (QED) is 0.805. The fraction of sp³-hybridized carbons (Fsp3) is 0.294. The summed E-state index contributed by atoms with van der Waals surface area (Å²) in [6.45, 7) is 0. The van der Waals surface area contributed by atoms with Gasteiger partial charge in [0.1, 0.15) is 23.0 Å². The summed E-state index contributed by atoms with van der Waals surface area (Å²) >= 11 is 0. The van der Waals surface area contributed by atoms with Gasteiger partial charge in [0.05, 0.1) is 19.1 Å². The Morgan fingerprint density at radius 3 is 2.39 bits per heavy atom. The smallest absolute Gasteiger partial charge is 0.209 e. The molecule has 0 aromatic heterocycles. The molecular formula is C17H18O6. The third-order valence-electron chi connectivity index (χ3n) is 4.02. The monoisotopic (exact) mass is 318 g/mol. The van der Waals surface area contributed by atoms with Crippen molar-refractivity contribution in [2.45, 2.75) is 18.3 Å². The van der Waals surface area contributed by atoms with Crippen molar-refractivity contribution in [2.24, 2.45) is 0 Å². The molecule has 6 nitrogen and oxygen atoms in total. The minimum atomic E-state index is -0.940. The third-order valence-corrected chi connectivity index (χ3v) is 4.02. The van der Waals surface area contributed by atoms with Crippen molar-refractivity contribution in [3.63, 3.8) is 0 Å². The molecule has 6 heteroatoms. The lowest BCUT2D eigenvalue weighted by Crippen LogP contribution is -2.35. The maximum Gasteiger partial charge on any atom is 0.209 e. The number of benzene rings is 2. The van der Waals surface area contributed by atoms with Crippen LogP contribution in [0.25, 0.3) is 0 Å². The number of rotatable bonds is 3. The van der Waals surface area contributed by atoms with Gasteiger partial charge in [0.2, 0.25) is 6.29 Å². The van der Waals surface area contributed by atoms with Gasteiger partial charge in [-0.3, -0.25) is 0 Å². The molecule has 122 valence electrons. The number of phenols is 2. The molecule has 3 N–H and O–H groups in total. The van der Waals surface area contributed by atoms with E-state index in [1.807, 2.05) is 0 Å². The molecule has 0 amide bonds. The number of methoxy groups -OCH3 is 2. The number of fused-ring (bicyclic) bond motifs is 1. The SMILES string of the molecule is COc1ccc2c(c1)O[C@H](OC)[C@H](c1ccc(O)cc1O)[C@H]2O. The zero-order valence-electron chi connectivity index (χ0n) is 12.8. The minimum Gasteiger partial charge on any atom is -0.508 e. The number of aromatic hydroxyl groups is 2. The van der Waals surface area contributed by atoms with Crippen molar-refractivity contribution in [3.8, 4) is 23.0 Å². The highest BCUT2D eigenvalue weighted by Crippen LogP contribution is 2.47. The van der Waals surface area contributed by atoms with Crippen molar-refractivity contribution < 1.29 is 29.5 Å². The second-order valence-electron chi connectivity index (χ2n) is 5.34. The molecule has 0 saturated heterocycles. The molecule has 1 aliphatic heterocycles. The van der Waals surface area contributed by atoms with Crippen LogP contribution in [0.2, 0.25) is 0 Å². The van der Waals surface area contributed by atoms with Crippen molar-refractivity contribution in [2.75, 3.05) is 14.2 Å². The Balaban J connectivity index is 2.06. The number of hydrogen-bond acceptors (Lipinski definition) is 6. The first-order valence-electron chi connectivity index (χ1n) is 7.12. The number of aliphatic hydroxyl groups excluding tert-OH is 1. The average molecular weight is 318 g/mol. The first-order chi connectivity index (χ1) is 11.0. The van der Waals surface area contributed by atoms with E-state index in [0.717, 1.165) is 0 Å². The van der Waals surface area contributed by atoms with Gasteiger partial charge >= 0.3 is 0 Å². The Morgan fingerprint density at radius 2 is 1.74 bits per heavy atom. The minimum absolute atomic E-state index is 0.0587. The van der Waals surface area contributed by atoms with Gasteiger partial charge in [0, 0.05) is 30.4 Å². The fourth-order valence-corrected chi connectivity index (χ4v) is 2.85. The molecular weight excluding hydrogens is 300 g/mol. The second-order valence-corrected chi connectivity index (χ2v) is 5.34. The lowest BCUT2D eigenvalue weighted by atomic mass is 9.85. The van der Waals surface area contributed by atoms with Gasteiger partial charge in [-0.25, -0.2) is 0 Å². The van der Waals surface area contributed by atoms with Crippen molar-refractivity contribution in [1.29, 1.82) is 0 Å². The number of hydrogen-bond donors (Lipinski definition) is 3. The van der Waals surface area contributed by atoms with Gasteiger partial charge in [0.25, 0.3) is 0 Å². The predicted molar refractivity (Wildman–Crippen MR) is 81.9 cm³/mol. The second kappa shape index (κ2) is 5.98. The van der Waals surface area contributed by atoms with Crippen LogP contribution in [0, 0.1) is 0 Å². The topological polar surface area (TPSA) is 88.4 Å². The average Bonchev–Trinajstić information content (AvgIpc) is 2.55. The Kier molecular flexibility index (Phi) is 4.02. The molecule has 1 heterocycles. The molecule has 2 aromatic carbocycles. The van der Waals surface area contributed by atoms with Gasteiger partial charge < -0.3 is 29.5 Å². The van der Waals surface area contributed by atoms with Crippen LogP contribution >= 0.6 is 0 Å². The first-order valence-corrected chi connectivity index (χ1v) is 7.12. The Hall–Kier alpha value is -2.44. The van der Waals surface area contributed by atoms with Crippen LogP contribution < -0.4 is 9.47 Å². The summed E-state index contributed by atoms with van der Waals surface area (Å²) in [6, 6.07) is 9.33. The maximum atomic E-state index is 10.8. The van der Waals surface area contributed by atoms with Crippen molar-refractivity contribution >= 4 is 0 Å². The molecule has 3 rings (SSSR count). The summed E-state index contributed by atoms with van der Waals surface area (Å²) in [5, 5.41) is 30.3. The van der Waals surface area contributed by atoms with Crippen LogP contribution in [0.15, 0.2) is 36.4 Å². The van der Waals surface area contributed by atoms with E-state index in [-0.39, 0.29) is 11.5 Å². The van der Waals surface area contributed by atoms with Crippen molar-refractivity contribution in [3.05, 3.63) is 47.5 Å². The lowest BCUT2D eigenvalue weighted by molar-refractivity contribution is -0.113. The van der Waals surface area contributed by atoms with E-state index in [0.29, 0.717) is 22.6 Å². The molecule has 3 atom stereocenters. The Morgan fingerprint density at radius 1 is 1.00 bits per heavy atom. The summed E-state index contributed by atoms with van der Waals surface area (Å²) in [4.78, 5) is 0. The number of phenolic OH excluding ortho intramolecular Hbond substituents is 2. The molecule has 0 saturated carbocycles. The van der Waals surface area contributed by atoms with Gasteiger partial charge in [-0.15, -0.1) is 0 Å². The molecule has 1 aliphatic rings. The van der Waals surface area contributed by atoms with Crippen LogP contribution in [0.5, 0.6) is 23.0 Å². The Labute approximate surface area is 133 Å². The normalized spacial score (nSPS) is 23.0. The standard InChI is InChI=1S/C17H18O6/c1-21-10-4-6-12-14(8-10)23-17(22-2)15(16(12)20)11-5-3-9(18)7-13(11)19/h3-8,15-20H,1-2H3/t15-,16+,17+/m1/s1. The van der Waals surface area contributed by atoms with E-state index in [1.165, 1.54) is 19.2 Å². The molecule has 0 fully saturated rings. The molecule has 23 heavy (non-hydrogen) atoms.